The zero-order valence-corrected chi connectivity index (χ0v) is 12.1. The van der Waals surface area contributed by atoms with E-state index >= 15 is 0 Å². The van der Waals surface area contributed by atoms with Crippen LogP contribution in [-0.2, 0) is 6.42 Å². The van der Waals surface area contributed by atoms with Crippen LogP contribution < -0.4 is 0 Å². The summed E-state index contributed by atoms with van der Waals surface area (Å²) >= 11 is 5.77. The lowest BCUT2D eigenvalue weighted by atomic mass is 10.0. The molecule has 0 radical (unpaired) electrons. The van der Waals surface area contributed by atoms with Crippen molar-refractivity contribution >= 4 is 23.8 Å². The zero-order chi connectivity index (χ0) is 15.9. The van der Waals surface area contributed by atoms with E-state index in [0.717, 1.165) is 0 Å². The van der Waals surface area contributed by atoms with Crippen molar-refractivity contribution in [2.24, 2.45) is 5.16 Å². The number of halogens is 1. The van der Waals surface area contributed by atoms with Crippen LogP contribution in [0.1, 0.15) is 27.0 Å². The summed E-state index contributed by atoms with van der Waals surface area (Å²) in [5, 5.41) is 21.0. The van der Waals surface area contributed by atoms with Crippen molar-refractivity contribution in [2.45, 2.75) is 6.42 Å². The third kappa shape index (κ3) is 3.84. The first kappa shape index (κ1) is 15.5. The molecule has 1 aromatic carbocycles. The highest BCUT2D eigenvalue weighted by Gasteiger charge is 2.07. The maximum Gasteiger partial charge on any atom is 0.335 e. The van der Waals surface area contributed by atoms with E-state index in [2.05, 4.69) is 22.0 Å². The maximum atomic E-state index is 11.1. The van der Waals surface area contributed by atoms with Gasteiger partial charge >= 0.3 is 5.97 Å². The molecule has 0 saturated heterocycles. The topological polar surface area (TPSA) is 82.8 Å². The predicted octanol–water partition coefficient (Wildman–Crippen LogP) is 2.84. The van der Waals surface area contributed by atoms with Gasteiger partial charge in [-0.2, -0.15) is 0 Å². The van der Waals surface area contributed by atoms with Crippen molar-refractivity contribution in [1.29, 1.82) is 0 Å². The highest BCUT2D eigenvalue weighted by Crippen LogP contribution is 2.12. The van der Waals surface area contributed by atoms with Crippen LogP contribution in [0.3, 0.4) is 0 Å². The molecule has 5 nitrogen and oxygen atoms in total. The van der Waals surface area contributed by atoms with Crippen LogP contribution in [0.5, 0.6) is 0 Å². The van der Waals surface area contributed by atoms with Crippen LogP contribution in [0.2, 0.25) is 5.15 Å². The number of oxime groups is 1. The smallest absolute Gasteiger partial charge is 0.335 e. The zero-order valence-electron chi connectivity index (χ0n) is 11.3. The molecule has 1 heterocycles. The van der Waals surface area contributed by atoms with E-state index in [-0.39, 0.29) is 17.1 Å². The Bertz CT molecular complexity index is 791. The average Bonchev–Trinajstić information content (AvgIpc) is 2.50. The Hall–Kier alpha value is -2.84. The van der Waals surface area contributed by atoms with Crippen molar-refractivity contribution in [2.75, 3.05) is 0 Å². The van der Waals surface area contributed by atoms with E-state index in [1.807, 2.05) is 0 Å². The summed E-state index contributed by atoms with van der Waals surface area (Å²) in [5.41, 5.74) is 1.92. The number of pyridine rings is 1. The molecule has 0 aliphatic heterocycles. The molecule has 0 amide bonds. The number of benzene rings is 1. The van der Waals surface area contributed by atoms with Gasteiger partial charge in [-0.1, -0.05) is 46.8 Å². The van der Waals surface area contributed by atoms with Crippen molar-refractivity contribution in [3.63, 3.8) is 0 Å². The number of aromatic carboxylic acids is 1. The normalized spacial score (nSPS) is 10.2. The Balaban J connectivity index is 2.27. The molecule has 2 N–H and O–H groups in total. The van der Waals surface area contributed by atoms with Crippen LogP contribution in [-0.4, -0.2) is 27.5 Å². The number of nitrogens with zero attached hydrogens (tertiary/aromatic N) is 2. The molecule has 110 valence electrons. The first-order valence-corrected chi connectivity index (χ1v) is 6.62. The summed E-state index contributed by atoms with van der Waals surface area (Å²) in [5.74, 6) is 4.78. The molecule has 0 spiro atoms. The summed E-state index contributed by atoms with van der Waals surface area (Å²) in [6.07, 6.45) is 2.96. The van der Waals surface area contributed by atoms with Gasteiger partial charge in [-0.05, 0) is 17.7 Å². The molecule has 0 unspecified atom stereocenters. The fourth-order valence-electron chi connectivity index (χ4n) is 1.84. The summed E-state index contributed by atoms with van der Waals surface area (Å²) in [4.78, 5) is 15.0. The van der Waals surface area contributed by atoms with Gasteiger partial charge in [0.25, 0.3) is 0 Å². The van der Waals surface area contributed by atoms with Crippen molar-refractivity contribution < 1.29 is 15.1 Å². The first-order valence-electron chi connectivity index (χ1n) is 6.25. The Labute approximate surface area is 131 Å². The molecule has 0 aliphatic rings. The fourth-order valence-corrected chi connectivity index (χ4v) is 2.00. The number of carboxylic acids is 1. The van der Waals surface area contributed by atoms with Gasteiger partial charge < -0.3 is 10.3 Å². The molecule has 0 atom stereocenters. The summed E-state index contributed by atoms with van der Waals surface area (Å²) in [6.45, 7) is 0. The third-order valence-corrected chi connectivity index (χ3v) is 3.06. The lowest BCUT2D eigenvalue weighted by Gasteiger charge is -2.01. The Morgan fingerprint density at radius 3 is 2.91 bits per heavy atom. The predicted molar refractivity (Wildman–Crippen MR) is 82.6 cm³/mol. The lowest BCUT2D eigenvalue weighted by Crippen LogP contribution is -2.01. The molecular formula is C16H11ClN2O3. The van der Waals surface area contributed by atoms with Crippen molar-refractivity contribution in [1.82, 2.24) is 4.98 Å². The summed E-state index contributed by atoms with van der Waals surface area (Å²) in [7, 11) is 0. The van der Waals surface area contributed by atoms with E-state index < -0.39 is 5.97 Å². The van der Waals surface area contributed by atoms with Crippen LogP contribution in [0.4, 0.5) is 0 Å². The quantitative estimate of drug-likeness (QED) is 0.300. The number of hydrogen-bond acceptors (Lipinski definition) is 4. The van der Waals surface area contributed by atoms with E-state index in [1.165, 1.54) is 24.5 Å². The fraction of sp³-hybridized carbons (Fsp3) is 0.0625. The third-order valence-electron chi connectivity index (χ3n) is 2.85. The molecule has 2 rings (SSSR count). The van der Waals surface area contributed by atoms with Gasteiger partial charge in [-0.15, -0.1) is 0 Å². The second-order valence-corrected chi connectivity index (χ2v) is 4.67. The second-order valence-electron chi connectivity index (χ2n) is 4.28. The Kier molecular flexibility index (Phi) is 5.12. The molecular weight excluding hydrogens is 304 g/mol. The maximum absolute atomic E-state index is 11.1. The summed E-state index contributed by atoms with van der Waals surface area (Å²) < 4.78 is 0. The van der Waals surface area contributed by atoms with E-state index in [4.69, 9.17) is 21.9 Å². The average molecular weight is 315 g/mol. The first-order chi connectivity index (χ1) is 10.6. The van der Waals surface area contributed by atoms with Crippen LogP contribution in [0.15, 0.2) is 41.7 Å². The molecule has 0 saturated carbocycles. The number of hydrogen-bond donors (Lipinski definition) is 2. The SMILES string of the molecule is O=C(O)c1ccccc1CC#Cc1cnc(Cl)cc1C=NO. The molecule has 22 heavy (non-hydrogen) atoms. The van der Waals surface area contributed by atoms with Gasteiger partial charge in [0, 0.05) is 18.2 Å². The number of rotatable bonds is 3. The minimum Gasteiger partial charge on any atom is -0.478 e. The largest absolute Gasteiger partial charge is 0.478 e. The van der Waals surface area contributed by atoms with Gasteiger partial charge in [0.15, 0.2) is 0 Å². The van der Waals surface area contributed by atoms with Crippen molar-refractivity contribution in [3.8, 4) is 11.8 Å². The molecule has 1 aromatic heterocycles. The molecule has 0 bridgehead atoms. The standard InChI is InChI=1S/C16H11ClN2O3/c17-15-8-13(10-19-22)12(9-18-15)6-3-5-11-4-1-2-7-14(11)16(20)21/h1-2,4,7-10,22H,5H2,(H,20,21). The lowest BCUT2D eigenvalue weighted by molar-refractivity contribution is 0.0696. The van der Waals surface area contributed by atoms with Gasteiger partial charge in [0.1, 0.15) is 5.15 Å². The molecule has 0 fully saturated rings. The van der Waals surface area contributed by atoms with Crippen molar-refractivity contribution in [3.05, 3.63) is 63.9 Å². The monoisotopic (exact) mass is 314 g/mol. The molecule has 6 heteroatoms. The second kappa shape index (κ2) is 7.25. The molecule has 0 aliphatic carbocycles. The van der Waals surface area contributed by atoms with E-state index in [1.54, 1.807) is 18.2 Å². The number of aromatic nitrogens is 1. The Morgan fingerprint density at radius 1 is 1.41 bits per heavy atom. The van der Waals surface area contributed by atoms with Gasteiger partial charge in [-0.3, -0.25) is 0 Å². The van der Waals surface area contributed by atoms with E-state index in [9.17, 15) is 4.79 Å². The van der Waals surface area contributed by atoms with Gasteiger partial charge in [0.2, 0.25) is 0 Å². The number of carbonyl (C=O) groups is 1. The van der Waals surface area contributed by atoms with E-state index in [0.29, 0.717) is 16.7 Å². The highest BCUT2D eigenvalue weighted by atomic mass is 35.5. The highest BCUT2D eigenvalue weighted by molar-refractivity contribution is 6.29. The molecule has 2 aromatic rings. The number of carboxylic acid groups (broad SMARTS) is 1. The van der Waals surface area contributed by atoms with Crippen LogP contribution >= 0.6 is 11.6 Å². The van der Waals surface area contributed by atoms with Crippen LogP contribution in [0, 0.1) is 11.8 Å². The van der Waals surface area contributed by atoms with Gasteiger partial charge in [-0.25, -0.2) is 9.78 Å². The minimum absolute atomic E-state index is 0.225. The minimum atomic E-state index is -0.987. The summed E-state index contributed by atoms with van der Waals surface area (Å²) in [6, 6.07) is 8.20. The van der Waals surface area contributed by atoms with Crippen LogP contribution in [0.25, 0.3) is 0 Å². The Morgan fingerprint density at radius 2 is 2.18 bits per heavy atom. The van der Waals surface area contributed by atoms with Gasteiger partial charge in [0.05, 0.1) is 17.3 Å².